The number of carboxylic acid groups (broad SMARTS) is 1. The van der Waals surface area contributed by atoms with Gasteiger partial charge in [0, 0.05) is 58.1 Å². The Morgan fingerprint density at radius 2 is 1.89 bits per heavy atom. The van der Waals surface area contributed by atoms with Gasteiger partial charge >= 0.3 is 5.97 Å². The van der Waals surface area contributed by atoms with Gasteiger partial charge in [-0.2, -0.15) is 0 Å². The zero-order valence-corrected chi connectivity index (χ0v) is 27.6. The molecule has 0 bridgehead atoms. The second-order valence-corrected chi connectivity index (χ2v) is 13.2. The molecule has 0 saturated carbocycles. The van der Waals surface area contributed by atoms with Crippen LogP contribution in [0, 0.1) is 12.8 Å². The highest BCUT2D eigenvalue weighted by atomic mass is 35.5. The number of ether oxygens (including phenoxy) is 1. The average molecular weight is 666 g/mol. The van der Waals surface area contributed by atoms with Crippen molar-refractivity contribution in [2.75, 3.05) is 62.2 Å². The minimum absolute atomic E-state index is 0.0985. The van der Waals surface area contributed by atoms with E-state index in [0.717, 1.165) is 49.9 Å². The van der Waals surface area contributed by atoms with E-state index < -0.39 is 5.97 Å². The van der Waals surface area contributed by atoms with Crippen LogP contribution in [0.5, 0.6) is 0 Å². The van der Waals surface area contributed by atoms with Crippen molar-refractivity contribution in [1.29, 1.82) is 0 Å². The van der Waals surface area contributed by atoms with E-state index in [-0.39, 0.29) is 39.3 Å². The summed E-state index contributed by atoms with van der Waals surface area (Å²) < 4.78 is 6.01. The van der Waals surface area contributed by atoms with Gasteiger partial charge in [0.05, 0.1) is 34.6 Å². The predicted molar refractivity (Wildman–Crippen MR) is 173 cm³/mol. The van der Waals surface area contributed by atoms with Crippen LogP contribution in [0.25, 0.3) is 11.4 Å². The van der Waals surface area contributed by atoms with E-state index in [1.807, 2.05) is 11.8 Å². The standard InChI is InChI=1S/C29H38Cl2N8O4S/c1-5-43-20-15-39(7-6-18(20)35-27(40)25-23(31)22(30)17(4)34-25)29-36-24(26(44-29)28(41)42)19-12-33-21(13-32-19)38-10-8-37(9-11-38)14-16(2)3/h12-13,16,18,20,34H,5-11,14-15H2,1-4H3,(H,35,40)(H,41,42)/t18-,20+/m1/s1. The number of aromatic carboxylic acids is 1. The highest BCUT2D eigenvalue weighted by Crippen LogP contribution is 2.35. The third-order valence-corrected chi connectivity index (χ3v) is 9.87. The summed E-state index contributed by atoms with van der Waals surface area (Å²) in [4.78, 5) is 48.9. The van der Waals surface area contributed by atoms with Crippen LogP contribution < -0.4 is 15.1 Å². The fourth-order valence-electron chi connectivity index (χ4n) is 5.65. The number of aryl methyl sites for hydroxylation is 1. The molecule has 0 unspecified atom stereocenters. The third-order valence-electron chi connectivity index (χ3n) is 7.82. The molecule has 0 aliphatic carbocycles. The molecule has 2 saturated heterocycles. The van der Waals surface area contributed by atoms with E-state index in [9.17, 15) is 14.7 Å². The number of aromatic nitrogens is 4. The molecule has 12 nitrogen and oxygen atoms in total. The Morgan fingerprint density at radius 1 is 1.14 bits per heavy atom. The number of anilines is 2. The zero-order chi connectivity index (χ0) is 31.5. The first-order valence-electron chi connectivity index (χ1n) is 14.8. The SMILES string of the molecule is CCO[C@H]1CN(c2nc(-c3cnc(N4CCN(CC(C)C)CC4)cn3)c(C(=O)O)s2)CC[C@H]1NC(=O)c1[nH]c(C)c(Cl)c1Cl. The van der Waals surface area contributed by atoms with Gasteiger partial charge < -0.3 is 29.9 Å². The average Bonchev–Trinajstić information content (AvgIpc) is 3.56. The van der Waals surface area contributed by atoms with Crippen LogP contribution in [-0.4, -0.2) is 106 Å². The monoisotopic (exact) mass is 664 g/mol. The van der Waals surface area contributed by atoms with E-state index >= 15 is 0 Å². The summed E-state index contributed by atoms with van der Waals surface area (Å²) in [6.07, 6.45) is 3.50. The van der Waals surface area contributed by atoms with Gasteiger partial charge in [0.15, 0.2) is 5.13 Å². The first kappa shape index (κ1) is 32.4. The molecule has 5 rings (SSSR count). The molecule has 3 aromatic rings. The second-order valence-electron chi connectivity index (χ2n) is 11.5. The lowest BCUT2D eigenvalue weighted by Crippen LogP contribution is -2.55. The van der Waals surface area contributed by atoms with Crippen LogP contribution in [0.15, 0.2) is 12.4 Å². The molecule has 2 atom stereocenters. The molecule has 0 aromatic carbocycles. The lowest BCUT2D eigenvalue weighted by Gasteiger charge is -2.38. The number of aromatic amines is 1. The number of piperazine rings is 1. The summed E-state index contributed by atoms with van der Waals surface area (Å²) >= 11 is 13.5. The summed E-state index contributed by atoms with van der Waals surface area (Å²) in [5, 5.41) is 14.1. The number of nitrogens with one attached hydrogen (secondary N) is 2. The molecule has 5 heterocycles. The number of rotatable bonds is 10. The van der Waals surface area contributed by atoms with Crippen molar-refractivity contribution in [2.24, 2.45) is 5.92 Å². The molecule has 0 spiro atoms. The van der Waals surface area contributed by atoms with E-state index in [1.165, 1.54) is 0 Å². The number of piperidine rings is 1. The first-order valence-corrected chi connectivity index (χ1v) is 16.4. The van der Waals surface area contributed by atoms with Crippen LogP contribution in [0.3, 0.4) is 0 Å². The molecule has 3 aromatic heterocycles. The Kier molecular flexibility index (Phi) is 10.3. The topological polar surface area (TPSA) is 140 Å². The number of H-pyrrole nitrogens is 1. The van der Waals surface area contributed by atoms with Crippen LogP contribution in [0.2, 0.25) is 10.0 Å². The summed E-state index contributed by atoms with van der Waals surface area (Å²) in [5.41, 5.74) is 1.52. The lowest BCUT2D eigenvalue weighted by atomic mass is 10.0. The van der Waals surface area contributed by atoms with E-state index in [1.54, 1.807) is 19.3 Å². The van der Waals surface area contributed by atoms with Gasteiger partial charge in [-0.05, 0) is 26.2 Å². The molecule has 1 amide bonds. The first-order chi connectivity index (χ1) is 21.0. The normalized spacial score (nSPS) is 19.5. The molecule has 2 fully saturated rings. The maximum atomic E-state index is 13.0. The number of carbonyl (C=O) groups is 2. The van der Waals surface area contributed by atoms with E-state index in [2.05, 4.69) is 43.9 Å². The third kappa shape index (κ3) is 7.12. The maximum Gasteiger partial charge on any atom is 0.348 e. The van der Waals surface area contributed by atoms with Gasteiger partial charge in [-0.25, -0.2) is 19.7 Å². The van der Waals surface area contributed by atoms with Crippen LogP contribution in [-0.2, 0) is 4.74 Å². The largest absolute Gasteiger partial charge is 0.477 e. The second kappa shape index (κ2) is 14.0. The van der Waals surface area contributed by atoms with Gasteiger partial charge in [-0.3, -0.25) is 9.69 Å². The van der Waals surface area contributed by atoms with Crippen molar-refractivity contribution < 1.29 is 19.4 Å². The number of nitrogens with zero attached hydrogens (tertiary/aromatic N) is 6. The van der Waals surface area contributed by atoms with Crippen LogP contribution >= 0.6 is 34.5 Å². The maximum absolute atomic E-state index is 13.0. The van der Waals surface area contributed by atoms with Gasteiger partial charge in [0.25, 0.3) is 5.91 Å². The lowest BCUT2D eigenvalue weighted by molar-refractivity contribution is 0.0272. The minimum Gasteiger partial charge on any atom is -0.477 e. The van der Waals surface area contributed by atoms with Crippen molar-refractivity contribution in [2.45, 2.75) is 46.3 Å². The fourth-order valence-corrected chi connectivity index (χ4v) is 7.02. The molecular formula is C29H38Cl2N8O4S. The number of halogens is 2. The molecule has 238 valence electrons. The molecule has 15 heteroatoms. The van der Waals surface area contributed by atoms with E-state index in [4.69, 9.17) is 32.9 Å². The molecule has 3 N–H and O–H groups in total. The number of hydrogen-bond donors (Lipinski definition) is 3. The zero-order valence-electron chi connectivity index (χ0n) is 25.3. The molecule has 2 aliphatic heterocycles. The highest BCUT2D eigenvalue weighted by molar-refractivity contribution is 7.17. The van der Waals surface area contributed by atoms with E-state index in [0.29, 0.717) is 53.6 Å². The summed E-state index contributed by atoms with van der Waals surface area (Å²) in [7, 11) is 0. The molecule has 0 radical (unpaired) electrons. The van der Waals surface area contributed by atoms with Crippen molar-refractivity contribution >= 4 is 57.4 Å². The number of hydrogen-bond acceptors (Lipinski definition) is 10. The Hall–Kier alpha value is -2.97. The number of amides is 1. The molecule has 44 heavy (non-hydrogen) atoms. The van der Waals surface area contributed by atoms with Crippen molar-refractivity contribution in [3.8, 4) is 11.4 Å². The summed E-state index contributed by atoms with van der Waals surface area (Å²) in [6, 6.07) is -0.291. The Morgan fingerprint density at radius 3 is 2.48 bits per heavy atom. The van der Waals surface area contributed by atoms with Crippen LogP contribution in [0.1, 0.15) is 53.0 Å². The van der Waals surface area contributed by atoms with Gasteiger partial charge in [-0.15, -0.1) is 0 Å². The predicted octanol–water partition coefficient (Wildman–Crippen LogP) is 4.43. The Balaban J connectivity index is 1.28. The van der Waals surface area contributed by atoms with Gasteiger partial charge in [-0.1, -0.05) is 48.4 Å². The van der Waals surface area contributed by atoms with Gasteiger partial charge in [0.1, 0.15) is 27.8 Å². The van der Waals surface area contributed by atoms with Crippen LogP contribution in [0.4, 0.5) is 10.9 Å². The number of thiazole rings is 1. The van der Waals surface area contributed by atoms with Gasteiger partial charge in [0.2, 0.25) is 0 Å². The Bertz CT molecular complexity index is 1470. The van der Waals surface area contributed by atoms with Crippen molar-refractivity contribution in [3.63, 3.8) is 0 Å². The summed E-state index contributed by atoms with van der Waals surface area (Å²) in [5.74, 6) is -0.0382. The van der Waals surface area contributed by atoms with Crippen molar-refractivity contribution in [1.82, 2.24) is 30.2 Å². The molecule has 2 aliphatic rings. The number of carbonyl (C=O) groups excluding carboxylic acids is 1. The minimum atomic E-state index is -1.07. The fraction of sp³-hybridized carbons (Fsp3) is 0.552. The van der Waals surface area contributed by atoms with Crippen molar-refractivity contribution in [3.05, 3.63) is 38.7 Å². The molecular weight excluding hydrogens is 627 g/mol. The quantitative estimate of drug-likeness (QED) is 0.285. The highest BCUT2D eigenvalue weighted by Gasteiger charge is 2.34. The summed E-state index contributed by atoms with van der Waals surface area (Å²) in [6.45, 7) is 14.2. The number of carboxylic acids is 1. The Labute approximate surface area is 270 Å². The smallest absolute Gasteiger partial charge is 0.348 e.